The normalized spacial score (nSPS) is 18.1. The number of nitrogens with zero attached hydrogens (tertiary/aromatic N) is 4. The molecule has 0 radical (unpaired) electrons. The second-order valence-electron chi connectivity index (χ2n) is 4.52. The number of aromatic nitrogens is 2. The van der Waals surface area contributed by atoms with Gasteiger partial charge in [-0.2, -0.15) is 4.37 Å². The predicted octanol–water partition coefficient (Wildman–Crippen LogP) is 1.23. The molecule has 1 aliphatic carbocycles. The lowest BCUT2D eigenvalue weighted by Gasteiger charge is -2.19. The van der Waals surface area contributed by atoms with E-state index in [4.69, 9.17) is 10.9 Å². The number of oxime groups is 1. The molecule has 17 heavy (non-hydrogen) atoms. The Labute approximate surface area is 104 Å². The van der Waals surface area contributed by atoms with Crippen LogP contribution in [0.5, 0.6) is 0 Å². The van der Waals surface area contributed by atoms with Gasteiger partial charge in [-0.05, 0) is 12.8 Å². The quantitative estimate of drug-likeness (QED) is 0.357. The largest absolute Gasteiger partial charge is 0.409 e. The Balaban J connectivity index is 1.96. The van der Waals surface area contributed by atoms with Gasteiger partial charge in [-0.25, -0.2) is 4.98 Å². The monoisotopic (exact) mass is 255 g/mol. The highest BCUT2D eigenvalue weighted by atomic mass is 32.1. The number of nitrogens with two attached hydrogens (primary N) is 1. The predicted molar refractivity (Wildman–Crippen MR) is 67.7 cm³/mol. The van der Waals surface area contributed by atoms with Gasteiger partial charge < -0.3 is 15.8 Å². The van der Waals surface area contributed by atoms with E-state index in [2.05, 4.69) is 14.5 Å². The highest BCUT2D eigenvalue weighted by molar-refractivity contribution is 7.09. The third-order valence-electron chi connectivity index (χ3n) is 2.87. The molecule has 0 bridgehead atoms. The standard InChI is InChI=1S/C10H17N5OS/c1-6(8(11)13-16)5-15(2)10-12-9(14-17-10)7-3-4-7/h6-7,16H,3-5H2,1-2H3,(H2,11,13). The lowest BCUT2D eigenvalue weighted by molar-refractivity contribution is 0.314. The molecule has 7 heteroatoms. The molecule has 0 aromatic carbocycles. The molecule has 6 nitrogen and oxygen atoms in total. The van der Waals surface area contributed by atoms with Gasteiger partial charge >= 0.3 is 0 Å². The van der Waals surface area contributed by atoms with Crippen molar-refractivity contribution in [3.63, 3.8) is 0 Å². The van der Waals surface area contributed by atoms with Crippen LogP contribution in [0.2, 0.25) is 0 Å². The van der Waals surface area contributed by atoms with Crippen LogP contribution >= 0.6 is 11.5 Å². The highest BCUT2D eigenvalue weighted by Crippen LogP contribution is 2.39. The molecule has 1 heterocycles. The summed E-state index contributed by atoms with van der Waals surface area (Å²) in [6, 6.07) is 0. The Hall–Kier alpha value is -1.37. The maximum atomic E-state index is 8.59. The summed E-state index contributed by atoms with van der Waals surface area (Å²) in [4.78, 5) is 6.49. The molecule has 0 amide bonds. The summed E-state index contributed by atoms with van der Waals surface area (Å²) in [5.74, 6) is 1.77. The van der Waals surface area contributed by atoms with E-state index < -0.39 is 0 Å². The van der Waals surface area contributed by atoms with Crippen LogP contribution in [0.4, 0.5) is 5.13 Å². The molecule has 0 saturated heterocycles. The van der Waals surface area contributed by atoms with Gasteiger partial charge in [0.05, 0.1) is 0 Å². The molecule has 1 unspecified atom stereocenters. The lowest BCUT2D eigenvalue weighted by atomic mass is 10.1. The molecule has 1 aromatic rings. The van der Waals surface area contributed by atoms with Crippen LogP contribution in [-0.4, -0.2) is 34.0 Å². The van der Waals surface area contributed by atoms with Crippen LogP contribution in [0.25, 0.3) is 0 Å². The van der Waals surface area contributed by atoms with Crippen molar-refractivity contribution in [1.82, 2.24) is 9.36 Å². The molecule has 3 N–H and O–H groups in total. The summed E-state index contributed by atoms with van der Waals surface area (Å²) >= 11 is 1.41. The van der Waals surface area contributed by atoms with E-state index >= 15 is 0 Å². The molecule has 0 aliphatic heterocycles. The molecule has 1 atom stereocenters. The maximum Gasteiger partial charge on any atom is 0.204 e. The first-order chi connectivity index (χ1) is 8.11. The molecule has 2 rings (SSSR count). The van der Waals surface area contributed by atoms with Gasteiger partial charge in [-0.3, -0.25) is 0 Å². The van der Waals surface area contributed by atoms with E-state index in [-0.39, 0.29) is 11.8 Å². The number of hydrogen-bond acceptors (Lipinski definition) is 6. The molecule has 0 spiro atoms. The van der Waals surface area contributed by atoms with Crippen molar-refractivity contribution in [1.29, 1.82) is 0 Å². The van der Waals surface area contributed by atoms with Crippen molar-refractivity contribution in [2.75, 3.05) is 18.5 Å². The lowest BCUT2D eigenvalue weighted by Crippen LogP contribution is -2.32. The van der Waals surface area contributed by atoms with Crippen molar-refractivity contribution >= 4 is 22.5 Å². The van der Waals surface area contributed by atoms with Gasteiger partial charge in [0.2, 0.25) is 5.13 Å². The van der Waals surface area contributed by atoms with Crippen LogP contribution in [0.15, 0.2) is 5.16 Å². The third-order valence-corrected chi connectivity index (χ3v) is 3.71. The maximum absolute atomic E-state index is 8.59. The third kappa shape index (κ3) is 2.85. The molecular formula is C10H17N5OS. The topological polar surface area (TPSA) is 87.6 Å². The summed E-state index contributed by atoms with van der Waals surface area (Å²) in [6.45, 7) is 2.57. The van der Waals surface area contributed by atoms with Gasteiger partial charge in [0.25, 0.3) is 0 Å². The van der Waals surface area contributed by atoms with Crippen LogP contribution in [-0.2, 0) is 0 Å². The smallest absolute Gasteiger partial charge is 0.204 e. The zero-order chi connectivity index (χ0) is 12.4. The minimum Gasteiger partial charge on any atom is -0.409 e. The first-order valence-corrected chi connectivity index (χ1v) is 6.41. The van der Waals surface area contributed by atoms with Gasteiger partial charge in [0, 0.05) is 37.0 Å². The van der Waals surface area contributed by atoms with Crippen molar-refractivity contribution in [3.8, 4) is 0 Å². The summed E-state index contributed by atoms with van der Waals surface area (Å²) < 4.78 is 4.35. The molecule has 1 saturated carbocycles. The first-order valence-electron chi connectivity index (χ1n) is 5.64. The number of rotatable bonds is 5. The van der Waals surface area contributed by atoms with Crippen LogP contribution in [0.3, 0.4) is 0 Å². The summed E-state index contributed by atoms with van der Waals surface area (Å²) in [6.07, 6.45) is 2.42. The average molecular weight is 255 g/mol. The van der Waals surface area contributed by atoms with Crippen LogP contribution in [0, 0.1) is 5.92 Å². The van der Waals surface area contributed by atoms with E-state index in [0.29, 0.717) is 12.5 Å². The van der Waals surface area contributed by atoms with Gasteiger partial charge in [-0.1, -0.05) is 12.1 Å². The van der Waals surface area contributed by atoms with Crippen molar-refractivity contribution in [2.45, 2.75) is 25.7 Å². The van der Waals surface area contributed by atoms with Gasteiger partial charge in [0.15, 0.2) is 0 Å². The SMILES string of the molecule is CC(CN(C)c1nc(C2CC2)ns1)C(N)=NO. The minimum absolute atomic E-state index is 0.0155. The molecular weight excluding hydrogens is 238 g/mol. The van der Waals surface area contributed by atoms with Crippen LogP contribution in [0.1, 0.15) is 31.5 Å². The number of anilines is 1. The Morgan fingerprint density at radius 3 is 3.00 bits per heavy atom. The van der Waals surface area contributed by atoms with Crippen LogP contribution < -0.4 is 10.6 Å². The van der Waals surface area contributed by atoms with E-state index in [1.54, 1.807) is 0 Å². The van der Waals surface area contributed by atoms with Gasteiger partial charge in [0.1, 0.15) is 11.7 Å². The average Bonchev–Trinajstić information content (AvgIpc) is 3.05. The fraction of sp³-hybridized carbons (Fsp3) is 0.700. The first kappa shape index (κ1) is 12.1. The Kier molecular flexibility index (Phi) is 3.46. The van der Waals surface area contributed by atoms with E-state index in [9.17, 15) is 0 Å². The van der Waals surface area contributed by atoms with Gasteiger partial charge in [-0.15, -0.1) is 0 Å². The molecule has 1 fully saturated rings. The fourth-order valence-electron chi connectivity index (χ4n) is 1.57. The number of hydrogen-bond donors (Lipinski definition) is 2. The Morgan fingerprint density at radius 1 is 1.71 bits per heavy atom. The Morgan fingerprint density at radius 2 is 2.41 bits per heavy atom. The molecule has 94 valence electrons. The fourth-order valence-corrected chi connectivity index (χ4v) is 2.28. The second kappa shape index (κ2) is 4.87. The van der Waals surface area contributed by atoms with E-state index in [0.717, 1.165) is 11.0 Å². The zero-order valence-electron chi connectivity index (χ0n) is 10.00. The summed E-state index contributed by atoms with van der Waals surface area (Å²) in [5, 5.41) is 12.5. The van der Waals surface area contributed by atoms with Crippen molar-refractivity contribution < 1.29 is 5.21 Å². The highest BCUT2D eigenvalue weighted by Gasteiger charge is 2.28. The van der Waals surface area contributed by atoms with E-state index in [1.807, 2.05) is 18.9 Å². The molecule has 1 aliphatic rings. The Bertz CT molecular complexity index is 415. The zero-order valence-corrected chi connectivity index (χ0v) is 10.8. The number of amidine groups is 1. The van der Waals surface area contributed by atoms with Crippen molar-refractivity contribution in [2.24, 2.45) is 16.8 Å². The molecule has 1 aromatic heterocycles. The van der Waals surface area contributed by atoms with Crippen molar-refractivity contribution in [3.05, 3.63) is 5.82 Å². The second-order valence-corrected chi connectivity index (χ2v) is 5.25. The minimum atomic E-state index is -0.0155. The summed E-state index contributed by atoms with van der Waals surface area (Å²) in [5.41, 5.74) is 5.55. The summed E-state index contributed by atoms with van der Waals surface area (Å²) in [7, 11) is 1.94. The van der Waals surface area contributed by atoms with E-state index in [1.165, 1.54) is 24.4 Å².